The van der Waals surface area contributed by atoms with Crippen LogP contribution in [0.25, 0.3) is 0 Å². The fourth-order valence-electron chi connectivity index (χ4n) is 2.23. The number of aromatic carboxylic acids is 1. The first-order valence-corrected chi connectivity index (χ1v) is 7.77. The van der Waals surface area contributed by atoms with Crippen LogP contribution in [0.2, 0.25) is 0 Å². The van der Waals surface area contributed by atoms with E-state index in [0.29, 0.717) is 24.5 Å². The van der Waals surface area contributed by atoms with Crippen molar-refractivity contribution in [2.24, 2.45) is 0 Å². The Morgan fingerprint density at radius 2 is 2.24 bits per heavy atom. The lowest BCUT2D eigenvalue weighted by Crippen LogP contribution is -2.24. The van der Waals surface area contributed by atoms with E-state index in [9.17, 15) is 4.79 Å². The number of carbonyl (C=O) groups is 1. The predicted octanol–water partition coefficient (Wildman–Crippen LogP) is 3.38. The van der Waals surface area contributed by atoms with Crippen LogP contribution in [0.4, 0.5) is 0 Å². The van der Waals surface area contributed by atoms with E-state index in [0.717, 1.165) is 30.3 Å². The second-order valence-corrected chi connectivity index (χ2v) is 5.72. The van der Waals surface area contributed by atoms with Gasteiger partial charge in [0, 0.05) is 12.2 Å². The largest absolute Gasteiger partial charge is 0.490 e. The number of carboxylic acids is 1. The maximum atomic E-state index is 11.1. The molecule has 1 fully saturated rings. The monoisotopic (exact) mass is 358 g/mol. The Balaban J connectivity index is 1.87. The Morgan fingerprint density at radius 3 is 2.90 bits per heavy atom. The van der Waals surface area contributed by atoms with Crippen LogP contribution in [0.15, 0.2) is 16.6 Å². The third-order valence-corrected chi connectivity index (χ3v) is 3.98. The molecule has 5 nitrogen and oxygen atoms in total. The Hall–Kier alpha value is -1.11. The van der Waals surface area contributed by atoms with Gasteiger partial charge in [-0.15, -0.1) is 0 Å². The summed E-state index contributed by atoms with van der Waals surface area (Å²) >= 11 is 3.38. The molecule has 0 bridgehead atoms. The summed E-state index contributed by atoms with van der Waals surface area (Å²) in [6, 6.07) is 3.23. The standard InChI is InChI=1S/C15H19BrO5/c1-10-11(15(17)18)5-6-12(16)14(10)21-9-8-20-13-4-2-3-7-19-13/h5-6,13H,2-4,7-9H2,1H3,(H,17,18). The molecule has 0 saturated carbocycles. The van der Waals surface area contributed by atoms with Crippen molar-refractivity contribution in [3.05, 3.63) is 27.7 Å². The first kappa shape index (κ1) is 16.3. The van der Waals surface area contributed by atoms with Crippen LogP contribution in [0, 0.1) is 6.92 Å². The van der Waals surface area contributed by atoms with E-state index in [1.807, 2.05) is 0 Å². The molecular formula is C15H19BrO5. The summed E-state index contributed by atoms with van der Waals surface area (Å²) < 4.78 is 17.4. The maximum absolute atomic E-state index is 11.1. The molecule has 0 amide bonds. The van der Waals surface area contributed by atoms with Crippen molar-refractivity contribution < 1.29 is 24.1 Å². The SMILES string of the molecule is Cc1c(C(=O)O)ccc(Br)c1OCCOC1CCCCO1. The van der Waals surface area contributed by atoms with Crippen molar-refractivity contribution in [3.63, 3.8) is 0 Å². The highest BCUT2D eigenvalue weighted by Crippen LogP contribution is 2.31. The molecule has 0 radical (unpaired) electrons. The molecular weight excluding hydrogens is 340 g/mol. The molecule has 0 spiro atoms. The van der Waals surface area contributed by atoms with Gasteiger partial charge in [-0.2, -0.15) is 0 Å². The van der Waals surface area contributed by atoms with Crippen LogP contribution in [0.5, 0.6) is 5.75 Å². The van der Waals surface area contributed by atoms with Crippen molar-refractivity contribution in [2.75, 3.05) is 19.8 Å². The molecule has 1 aromatic rings. The minimum absolute atomic E-state index is 0.141. The van der Waals surface area contributed by atoms with E-state index in [1.165, 1.54) is 0 Å². The number of hydrogen-bond donors (Lipinski definition) is 1. The minimum atomic E-state index is -0.961. The second kappa shape index (κ2) is 7.77. The molecule has 0 aromatic heterocycles. The summed E-state index contributed by atoms with van der Waals surface area (Å²) in [6.07, 6.45) is 2.98. The van der Waals surface area contributed by atoms with E-state index < -0.39 is 5.97 Å². The molecule has 116 valence electrons. The fourth-order valence-corrected chi connectivity index (χ4v) is 2.78. The average Bonchev–Trinajstić information content (AvgIpc) is 2.47. The second-order valence-electron chi connectivity index (χ2n) is 4.87. The average molecular weight is 359 g/mol. The van der Waals surface area contributed by atoms with Gasteiger partial charge >= 0.3 is 5.97 Å². The lowest BCUT2D eigenvalue weighted by molar-refractivity contribution is -0.165. The predicted molar refractivity (Wildman–Crippen MR) is 80.9 cm³/mol. The Labute approximate surface area is 132 Å². The third-order valence-electron chi connectivity index (χ3n) is 3.36. The Morgan fingerprint density at radius 1 is 1.43 bits per heavy atom. The van der Waals surface area contributed by atoms with E-state index in [-0.39, 0.29) is 11.9 Å². The third kappa shape index (κ3) is 4.43. The van der Waals surface area contributed by atoms with Crippen LogP contribution in [-0.2, 0) is 9.47 Å². The van der Waals surface area contributed by atoms with Crippen molar-refractivity contribution in [2.45, 2.75) is 32.5 Å². The van der Waals surface area contributed by atoms with E-state index in [2.05, 4.69) is 15.9 Å². The lowest BCUT2D eigenvalue weighted by Gasteiger charge is -2.22. The Kier molecular flexibility index (Phi) is 6.02. The van der Waals surface area contributed by atoms with Crippen LogP contribution >= 0.6 is 15.9 Å². The van der Waals surface area contributed by atoms with Crippen LogP contribution in [0.3, 0.4) is 0 Å². The minimum Gasteiger partial charge on any atom is -0.490 e. The van der Waals surface area contributed by atoms with Gasteiger partial charge in [-0.25, -0.2) is 4.79 Å². The van der Waals surface area contributed by atoms with Gasteiger partial charge in [0.25, 0.3) is 0 Å². The Bertz CT molecular complexity index is 497. The highest BCUT2D eigenvalue weighted by atomic mass is 79.9. The summed E-state index contributed by atoms with van der Waals surface area (Å²) in [4.78, 5) is 11.1. The zero-order chi connectivity index (χ0) is 15.2. The highest BCUT2D eigenvalue weighted by Gasteiger charge is 2.16. The van der Waals surface area contributed by atoms with Gasteiger partial charge in [0.2, 0.25) is 0 Å². The van der Waals surface area contributed by atoms with Gasteiger partial charge in [-0.3, -0.25) is 0 Å². The summed E-state index contributed by atoms with van der Waals surface area (Å²) in [7, 11) is 0. The summed E-state index contributed by atoms with van der Waals surface area (Å²) in [5.74, 6) is -0.417. The van der Waals surface area contributed by atoms with Crippen LogP contribution in [0.1, 0.15) is 35.2 Å². The molecule has 0 aliphatic carbocycles. The summed E-state index contributed by atoms with van der Waals surface area (Å²) in [6.45, 7) is 3.24. The molecule has 1 unspecified atom stereocenters. The first-order chi connectivity index (χ1) is 10.1. The molecule has 1 aromatic carbocycles. The number of halogens is 1. The number of benzene rings is 1. The fraction of sp³-hybridized carbons (Fsp3) is 0.533. The van der Waals surface area contributed by atoms with E-state index >= 15 is 0 Å². The number of hydrogen-bond acceptors (Lipinski definition) is 4. The van der Waals surface area contributed by atoms with Crippen LogP contribution < -0.4 is 4.74 Å². The molecule has 1 saturated heterocycles. The first-order valence-electron chi connectivity index (χ1n) is 6.98. The van der Waals surface area contributed by atoms with E-state index in [1.54, 1.807) is 19.1 Å². The quantitative estimate of drug-likeness (QED) is 0.789. The van der Waals surface area contributed by atoms with Crippen molar-refractivity contribution >= 4 is 21.9 Å². The number of ether oxygens (including phenoxy) is 3. The number of carboxylic acid groups (broad SMARTS) is 1. The molecule has 1 atom stereocenters. The zero-order valence-electron chi connectivity index (χ0n) is 11.9. The summed E-state index contributed by atoms with van der Waals surface area (Å²) in [5.41, 5.74) is 0.843. The maximum Gasteiger partial charge on any atom is 0.336 e. The molecule has 6 heteroatoms. The normalized spacial score (nSPS) is 18.5. The van der Waals surface area contributed by atoms with Crippen molar-refractivity contribution in [1.82, 2.24) is 0 Å². The molecule has 2 rings (SSSR count). The molecule has 1 N–H and O–H groups in total. The highest BCUT2D eigenvalue weighted by molar-refractivity contribution is 9.10. The molecule has 21 heavy (non-hydrogen) atoms. The van der Waals surface area contributed by atoms with Gasteiger partial charge in [0.15, 0.2) is 6.29 Å². The van der Waals surface area contributed by atoms with Gasteiger partial charge in [-0.05, 0) is 54.2 Å². The lowest BCUT2D eigenvalue weighted by atomic mass is 10.1. The van der Waals surface area contributed by atoms with Gasteiger partial charge in [0.05, 0.1) is 16.6 Å². The van der Waals surface area contributed by atoms with Crippen molar-refractivity contribution in [3.8, 4) is 5.75 Å². The topological polar surface area (TPSA) is 65.0 Å². The summed E-state index contributed by atoms with van der Waals surface area (Å²) in [5, 5.41) is 9.11. The van der Waals surface area contributed by atoms with Gasteiger partial charge < -0.3 is 19.3 Å². The van der Waals surface area contributed by atoms with E-state index in [4.69, 9.17) is 19.3 Å². The van der Waals surface area contributed by atoms with Gasteiger partial charge in [-0.1, -0.05) is 0 Å². The smallest absolute Gasteiger partial charge is 0.336 e. The molecule has 1 heterocycles. The van der Waals surface area contributed by atoms with Crippen molar-refractivity contribution in [1.29, 1.82) is 0 Å². The molecule has 1 aliphatic rings. The molecule has 1 aliphatic heterocycles. The van der Waals surface area contributed by atoms with Gasteiger partial charge in [0.1, 0.15) is 12.4 Å². The zero-order valence-corrected chi connectivity index (χ0v) is 13.5. The van der Waals surface area contributed by atoms with Crippen LogP contribution in [-0.4, -0.2) is 37.2 Å². The number of rotatable bonds is 6.